The third kappa shape index (κ3) is 7.26. The molecular formula is C14H14O10S4. The third-order valence-corrected chi connectivity index (χ3v) is 7.20. The number of rotatable bonds is 12. The first kappa shape index (κ1) is 24.1. The molecule has 0 aromatic heterocycles. The predicted octanol–water partition coefficient (Wildman–Crippen LogP) is 1.80. The first-order valence-electron chi connectivity index (χ1n) is 7.04. The van der Waals surface area contributed by atoms with Crippen molar-refractivity contribution in [1.29, 1.82) is 0 Å². The number of aromatic hydroxyl groups is 2. The van der Waals surface area contributed by atoms with Gasteiger partial charge in [-0.1, -0.05) is 0 Å². The number of phenols is 2. The summed E-state index contributed by atoms with van der Waals surface area (Å²) in [5.41, 5.74) is 0. The van der Waals surface area contributed by atoms with E-state index in [1.54, 1.807) is 0 Å². The summed E-state index contributed by atoms with van der Waals surface area (Å²) in [6, 6.07) is 0. The first-order chi connectivity index (χ1) is 13.0. The molecule has 1 aromatic rings. The van der Waals surface area contributed by atoms with Crippen molar-refractivity contribution in [1.82, 2.24) is 0 Å². The van der Waals surface area contributed by atoms with Crippen LogP contribution in [0.25, 0.3) is 0 Å². The number of benzene rings is 1. The summed E-state index contributed by atoms with van der Waals surface area (Å²) in [6.45, 7) is 0. The summed E-state index contributed by atoms with van der Waals surface area (Å²) in [4.78, 5) is 43.0. The van der Waals surface area contributed by atoms with Crippen LogP contribution in [0.3, 0.4) is 0 Å². The van der Waals surface area contributed by atoms with Gasteiger partial charge < -0.3 is 30.6 Å². The average Bonchev–Trinajstić information content (AvgIpc) is 2.57. The standard InChI is InChI=1S/C14H14O10S4/c15-5(16)1-25-11-9(23)13(27-3-7(19)20)14(28-4-8(21)22)10(24)12(11)26-2-6(17)18/h23-24H,1-4H2,(H,15,16)(H,17,18)(H,19,20)(H,21,22). The van der Waals surface area contributed by atoms with E-state index in [1.165, 1.54) is 0 Å². The van der Waals surface area contributed by atoms with Crippen LogP contribution in [0, 0.1) is 0 Å². The molecule has 1 rings (SSSR count). The van der Waals surface area contributed by atoms with Gasteiger partial charge in [0.25, 0.3) is 0 Å². The molecule has 154 valence electrons. The Morgan fingerprint density at radius 2 is 0.679 bits per heavy atom. The molecule has 0 spiro atoms. The van der Waals surface area contributed by atoms with Crippen molar-refractivity contribution in [3.05, 3.63) is 0 Å². The van der Waals surface area contributed by atoms with Gasteiger partial charge in [-0.05, 0) is 0 Å². The monoisotopic (exact) mass is 470 g/mol. The molecule has 0 aliphatic rings. The molecule has 1 aromatic carbocycles. The Bertz CT molecular complexity index is 669. The van der Waals surface area contributed by atoms with Crippen molar-refractivity contribution in [2.24, 2.45) is 0 Å². The Morgan fingerprint density at radius 3 is 0.821 bits per heavy atom. The van der Waals surface area contributed by atoms with Gasteiger partial charge in [-0.15, -0.1) is 47.0 Å². The lowest BCUT2D eigenvalue weighted by molar-refractivity contribution is -0.135. The number of carboxylic acid groups (broad SMARTS) is 4. The average molecular weight is 471 g/mol. The minimum Gasteiger partial charge on any atom is -0.506 e. The highest BCUT2D eigenvalue weighted by Gasteiger charge is 2.27. The lowest BCUT2D eigenvalue weighted by Gasteiger charge is -2.19. The molecule has 0 amide bonds. The number of hydrogen-bond acceptors (Lipinski definition) is 10. The molecule has 0 aliphatic carbocycles. The van der Waals surface area contributed by atoms with E-state index in [0.717, 1.165) is 0 Å². The quantitative estimate of drug-likeness (QED) is 0.191. The van der Waals surface area contributed by atoms with E-state index in [9.17, 15) is 29.4 Å². The molecule has 0 atom stereocenters. The van der Waals surface area contributed by atoms with Gasteiger partial charge in [0.1, 0.15) is 11.5 Å². The summed E-state index contributed by atoms with van der Waals surface area (Å²) in [5, 5.41) is 56.6. The highest BCUT2D eigenvalue weighted by molar-refractivity contribution is 8.04. The Morgan fingerprint density at radius 1 is 0.500 bits per heavy atom. The van der Waals surface area contributed by atoms with E-state index in [-0.39, 0.29) is 19.6 Å². The fourth-order valence-electron chi connectivity index (χ4n) is 1.71. The molecule has 10 nitrogen and oxygen atoms in total. The largest absolute Gasteiger partial charge is 0.506 e. The van der Waals surface area contributed by atoms with E-state index < -0.39 is 58.4 Å². The number of thioether (sulfide) groups is 4. The molecule has 0 saturated carbocycles. The Labute approximate surface area is 174 Å². The summed E-state index contributed by atoms with van der Waals surface area (Å²) >= 11 is 2.48. The molecule has 28 heavy (non-hydrogen) atoms. The van der Waals surface area contributed by atoms with E-state index in [1.807, 2.05) is 0 Å². The van der Waals surface area contributed by atoms with E-state index in [0.29, 0.717) is 47.0 Å². The van der Waals surface area contributed by atoms with Crippen molar-refractivity contribution in [3.63, 3.8) is 0 Å². The van der Waals surface area contributed by atoms with E-state index >= 15 is 0 Å². The van der Waals surface area contributed by atoms with Crippen LogP contribution < -0.4 is 0 Å². The van der Waals surface area contributed by atoms with Crippen molar-refractivity contribution in [3.8, 4) is 11.5 Å². The van der Waals surface area contributed by atoms with Crippen molar-refractivity contribution >= 4 is 70.9 Å². The number of phenolic OH excluding ortho intramolecular Hbond substituents is 2. The van der Waals surface area contributed by atoms with Crippen LogP contribution in [0.5, 0.6) is 11.5 Å². The summed E-state index contributed by atoms with van der Waals surface area (Å²) in [5.74, 6) is -8.09. The van der Waals surface area contributed by atoms with Gasteiger partial charge in [0.2, 0.25) is 0 Å². The van der Waals surface area contributed by atoms with Gasteiger partial charge in [0, 0.05) is 0 Å². The maximum absolute atomic E-state index is 10.9. The molecule has 6 N–H and O–H groups in total. The van der Waals surface area contributed by atoms with E-state index in [2.05, 4.69) is 0 Å². The summed E-state index contributed by atoms with van der Waals surface area (Å²) in [7, 11) is 0. The van der Waals surface area contributed by atoms with Crippen LogP contribution >= 0.6 is 47.0 Å². The van der Waals surface area contributed by atoms with Crippen LogP contribution in [-0.4, -0.2) is 77.5 Å². The smallest absolute Gasteiger partial charge is 0.313 e. The first-order valence-corrected chi connectivity index (χ1v) is 11.0. The van der Waals surface area contributed by atoms with Crippen LogP contribution in [0.15, 0.2) is 19.6 Å². The van der Waals surface area contributed by atoms with Gasteiger partial charge in [-0.2, -0.15) is 0 Å². The van der Waals surface area contributed by atoms with Gasteiger partial charge in [-0.3, -0.25) is 19.2 Å². The Kier molecular flexibility index (Phi) is 9.64. The maximum Gasteiger partial charge on any atom is 0.313 e. The van der Waals surface area contributed by atoms with Gasteiger partial charge in [0.05, 0.1) is 42.6 Å². The minimum atomic E-state index is -1.23. The summed E-state index contributed by atoms with van der Waals surface area (Å²) in [6.07, 6.45) is 0. The number of aliphatic carboxylic acids is 4. The Hall–Kier alpha value is -1.90. The lowest BCUT2D eigenvalue weighted by atomic mass is 10.3. The highest BCUT2D eigenvalue weighted by Crippen LogP contribution is 2.54. The predicted molar refractivity (Wildman–Crippen MR) is 103 cm³/mol. The maximum atomic E-state index is 10.9. The number of hydrogen-bond donors (Lipinski definition) is 6. The fourth-order valence-corrected chi connectivity index (χ4v) is 5.48. The third-order valence-electron chi connectivity index (χ3n) is 2.63. The second-order valence-corrected chi connectivity index (χ2v) is 8.69. The molecule has 14 heteroatoms. The molecule has 0 saturated heterocycles. The van der Waals surface area contributed by atoms with Crippen LogP contribution in [0.1, 0.15) is 0 Å². The van der Waals surface area contributed by atoms with Crippen molar-refractivity contribution in [2.75, 3.05) is 23.0 Å². The zero-order valence-corrected chi connectivity index (χ0v) is 17.0. The molecule has 0 radical (unpaired) electrons. The zero-order chi connectivity index (χ0) is 21.4. The zero-order valence-electron chi connectivity index (χ0n) is 13.8. The number of carboxylic acids is 4. The van der Waals surface area contributed by atoms with Crippen LogP contribution in [0.4, 0.5) is 0 Å². The Balaban J connectivity index is 3.55. The molecule has 0 aliphatic heterocycles. The molecule has 0 fully saturated rings. The minimum absolute atomic E-state index is 0.126. The summed E-state index contributed by atoms with van der Waals surface area (Å²) < 4.78 is 0. The molecular weight excluding hydrogens is 456 g/mol. The van der Waals surface area contributed by atoms with Gasteiger partial charge in [-0.25, -0.2) is 0 Å². The second kappa shape index (κ2) is 11.2. The van der Waals surface area contributed by atoms with Gasteiger partial charge in [0.15, 0.2) is 0 Å². The van der Waals surface area contributed by atoms with E-state index in [4.69, 9.17) is 20.4 Å². The molecule has 0 heterocycles. The lowest BCUT2D eigenvalue weighted by Crippen LogP contribution is -2.03. The molecule has 0 bridgehead atoms. The fraction of sp³-hybridized carbons (Fsp3) is 0.286. The van der Waals surface area contributed by atoms with Gasteiger partial charge >= 0.3 is 23.9 Å². The van der Waals surface area contributed by atoms with Crippen molar-refractivity contribution in [2.45, 2.75) is 19.6 Å². The van der Waals surface area contributed by atoms with Crippen LogP contribution in [0.2, 0.25) is 0 Å². The van der Waals surface area contributed by atoms with Crippen LogP contribution in [-0.2, 0) is 19.2 Å². The topological polar surface area (TPSA) is 190 Å². The normalized spacial score (nSPS) is 10.6. The van der Waals surface area contributed by atoms with Crippen molar-refractivity contribution < 1.29 is 49.8 Å². The highest BCUT2D eigenvalue weighted by atomic mass is 32.2. The number of carbonyl (C=O) groups is 4. The second-order valence-electron chi connectivity index (χ2n) is 4.74. The molecule has 0 unspecified atom stereocenters. The SMILES string of the molecule is O=C(O)CSc1c(O)c(SCC(=O)O)c(SCC(=O)O)c(O)c1SCC(=O)O.